The SMILES string of the molecule is CCCCC(CC)COc1ccc(-c2c3nc(c(-c4cccc(NC(=O)c5cccc(-c6ccncc6)c5)c4)c4ccc([nH]4)c(-c4ccc(OCC(CC)CCCC)c(OCC(CC)CCCC)c4)c4nc(c(-c5cccc(NC(=O)c6ccncc6)c5)c5ccc2[nH]5)C=C4)C=C3)cc1OCC(CC)CCCC. The summed E-state index contributed by atoms with van der Waals surface area (Å²) in [5.74, 6) is 3.85. The molecule has 0 fully saturated rings. The van der Waals surface area contributed by atoms with E-state index in [1.54, 1.807) is 36.9 Å². The van der Waals surface area contributed by atoms with Gasteiger partial charge in [0.05, 0.1) is 49.2 Å². The molecule has 14 heteroatoms. The number of nitrogens with zero attached hydrogens (tertiary/aromatic N) is 4. The number of aromatic amines is 2. The van der Waals surface area contributed by atoms with E-state index in [0.29, 0.717) is 118 Å². The number of H-pyrrole nitrogens is 2. The van der Waals surface area contributed by atoms with E-state index in [9.17, 15) is 9.59 Å². The zero-order chi connectivity index (χ0) is 75.1. The van der Waals surface area contributed by atoms with Crippen LogP contribution in [0.1, 0.15) is 202 Å². The summed E-state index contributed by atoms with van der Waals surface area (Å²) in [6, 6.07) is 52.1. The summed E-state index contributed by atoms with van der Waals surface area (Å²) in [5.41, 5.74) is 16.8. The second kappa shape index (κ2) is 38.1. The van der Waals surface area contributed by atoms with Gasteiger partial charge in [0.2, 0.25) is 0 Å². The van der Waals surface area contributed by atoms with Gasteiger partial charge in [-0.1, -0.05) is 181 Å². The molecule has 108 heavy (non-hydrogen) atoms. The van der Waals surface area contributed by atoms with Gasteiger partial charge in [-0.05, 0) is 216 Å². The quantitative estimate of drug-likeness (QED) is 0.0293. The standard InChI is InChI=1S/C94H106N8O6/c1-9-17-24-63(13-5)59-105-85-44-34-72(57-87(85)107-61-65(15-7)26-19-11-3)91-81-40-36-77(99-81)89(70-29-22-32-75(55-70)97-93(103)68-48-52-96-53-49-68)78-37-41-82(100-78)92(73-35-45-86(106-60-64(14-6)25-18-10-2)88(58-73)108-62-66(16-8)27-20-12-4)84-43-39-80(102-84)90(79-38-42-83(91)101-79)71-30-23-33-76(56-71)98-94(104)74-31-21-28-69(54-74)67-46-50-95-51-47-67/h21-23,28-58,63-66,99,102H,9-20,24-27,59-62H2,1-8H3,(H,97,103)(H,98,104). The Hall–Kier alpha value is -10.9. The van der Waals surface area contributed by atoms with Crippen molar-refractivity contribution in [1.82, 2.24) is 29.9 Å². The largest absolute Gasteiger partial charge is 0.489 e. The lowest BCUT2D eigenvalue weighted by Crippen LogP contribution is -2.14. The Bertz CT molecular complexity index is 4840. The minimum absolute atomic E-state index is 0.242. The highest BCUT2D eigenvalue weighted by Gasteiger charge is 2.24. The van der Waals surface area contributed by atoms with Crippen LogP contribution in [-0.2, 0) is 0 Å². The summed E-state index contributed by atoms with van der Waals surface area (Å²) in [6.45, 7) is 20.3. The molecule has 12 rings (SSSR count). The highest BCUT2D eigenvalue weighted by atomic mass is 16.5. The molecule has 0 spiro atoms. The third-order valence-electron chi connectivity index (χ3n) is 21.2. The van der Waals surface area contributed by atoms with Crippen molar-refractivity contribution in [3.05, 3.63) is 216 Å². The molecule has 0 aliphatic carbocycles. The number of rotatable bonds is 37. The molecule has 7 heterocycles. The van der Waals surface area contributed by atoms with Gasteiger partial charge in [0.15, 0.2) is 23.0 Å². The van der Waals surface area contributed by atoms with Crippen LogP contribution in [0.5, 0.6) is 23.0 Å². The third-order valence-corrected chi connectivity index (χ3v) is 21.2. The summed E-state index contributed by atoms with van der Waals surface area (Å²) in [5, 5.41) is 6.43. The van der Waals surface area contributed by atoms with Crippen LogP contribution in [0.25, 0.3) is 102 Å². The smallest absolute Gasteiger partial charge is 0.255 e. The number of aromatic nitrogens is 6. The fraction of sp³-hybridized carbons (Fsp3) is 0.340. The van der Waals surface area contributed by atoms with E-state index >= 15 is 0 Å². The Morgan fingerprint density at radius 3 is 1.06 bits per heavy atom. The first-order chi connectivity index (χ1) is 53.0. The lowest BCUT2D eigenvalue weighted by atomic mass is 10.00. The average Bonchev–Trinajstić information content (AvgIpc) is 1.61. The molecular formula is C94H106N8O6. The maximum Gasteiger partial charge on any atom is 0.255 e. The molecule has 4 unspecified atom stereocenters. The van der Waals surface area contributed by atoms with Crippen molar-refractivity contribution in [3.8, 4) is 78.6 Å². The Labute approximate surface area is 638 Å². The molecule has 0 saturated heterocycles. The van der Waals surface area contributed by atoms with Crippen molar-refractivity contribution in [2.45, 2.75) is 158 Å². The van der Waals surface area contributed by atoms with E-state index in [0.717, 1.165) is 180 Å². The second-order valence-corrected chi connectivity index (χ2v) is 28.9. The van der Waals surface area contributed by atoms with Crippen molar-refractivity contribution in [2.24, 2.45) is 23.7 Å². The van der Waals surface area contributed by atoms with E-state index in [1.807, 2.05) is 72.8 Å². The number of hydrogen-bond donors (Lipinski definition) is 4. The predicted octanol–water partition coefficient (Wildman–Crippen LogP) is 24.7. The summed E-state index contributed by atoms with van der Waals surface area (Å²) in [6.07, 6.45) is 32.6. The third kappa shape index (κ3) is 19.3. The van der Waals surface area contributed by atoms with Crippen molar-refractivity contribution in [3.63, 3.8) is 0 Å². The van der Waals surface area contributed by atoms with Gasteiger partial charge in [0.25, 0.3) is 11.8 Å². The molecule has 5 aromatic heterocycles. The molecule has 4 N–H and O–H groups in total. The summed E-state index contributed by atoms with van der Waals surface area (Å²) in [7, 11) is 0. The Morgan fingerprint density at radius 2 is 0.685 bits per heavy atom. The number of carbonyl (C=O) groups excluding carboxylic acids is 2. The fourth-order valence-corrected chi connectivity index (χ4v) is 14.4. The van der Waals surface area contributed by atoms with Gasteiger partial charge in [0.1, 0.15) is 0 Å². The van der Waals surface area contributed by atoms with Gasteiger partial charge >= 0.3 is 0 Å². The number of ether oxygens (including phenoxy) is 4. The van der Waals surface area contributed by atoms with Gasteiger partial charge in [-0.15, -0.1) is 0 Å². The number of anilines is 2. The zero-order valence-electron chi connectivity index (χ0n) is 64.3. The maximum atomic E-state index is 14.5. The van der Waals surface area contributed by atoms with Crippen LogP contribution in [0.4, 0.5) is 11.4 Å². The molecule has 558 valence electrons. The van der Waals surface area contributed by atoms with Crippen LogP contribution in [0.3, 0.4) is 0 Å². The lowest BCUT2D eigenvalue weighted by Gasteiger charge is -2.21. The molecule has 2 aliphatic rings. The van der Waals surface area contributed by atoms with E-state index in [4.69, 9.17) is 28.9 Å². The monoisotopic (exact) mass is 1440 g/mol. The summed E-state index contributed by atoms with van der Waals surface area (Å²) in [4.78, 5) is 56.2. The number of unbranched alkanes of at least 4 members (excludes halogenated alkanes) is 4. The first kappa shape index (κ1) is 76.8. The molecule has 10 aromatic rings. The number of hydrogen-bond acceptors (Lipinski definition) is 10. The van der Waals surface area contributed by atoms with Crippen LogP contribution in [0, 0.1) is 23.7 Å². The molecular weight excluding hydrogens is 1340 g/mol. The van der Waals surface area contributed by atoms with Crippen molar-refractivity contribution in [2.75, 3.05) is 37.1 Å². The number of nitrogens with one attached hydrogen (secondary N) is 4. The van der Waals surface area contributed by atoms with Crippen LogP contribution in [0.2, 0.25) is 0 Å². The average molecular weight is 1440 g/mol. The minimum Gasteiger partial charge on any atom is -0.489 e. The lowest BCUT2D eigenvalue weighted by molar-refractivity contribution is 0.101. The van der Waals surface area contributed by atoms with Gasteiger partial charge < -0.3 is 39.5 Å². The normalized spacial score (nSPS) is 12.9. The summed E-state index contributed by atoms with van der Waals surface area (Å²) < 4.78 is 27.8. The second-order valence-electron chi connectivity index (χ2n) is 28.9. The van der Waals surface area contributed by atoms with Crippen LogP contribution < -0.4 is 29.6 Å². The predicted molar refractivity (Wildman–Crippen MR) is 446 cm³/mol. The molecule has 0 radical (unpaired) electrons. The fourth-order valence-electron chi connectivity index (χ4n) is 14.4. The molecule has 4 atom stereocenters. The number of fused-ring (bicyclic) bond motifs is 8. The number of benzene rings is 5. The van der Waals surface area contributed by atoms with Crippen molar-refractivity contribution >= 4 is 69.6 Å². The van der Waals surface area contributed by atoms with Crippen LogP contribution in [-0.4, -0.2) is 68.1 Å². The Kier molecular flexibility index (Phi) is 27.1. The van der Waals surface area contributed by atoms with Gasteiger partial charge in [-0.2, -0.15) is 0 Å². The van der Waals surface area contributed by atoms with E-state index in [2.05, 4.69) is 183 Å². The van der Waals surface area contributed by atoms with Crippen molar-refractivity contribution < 1.29 is 28.5 Å². The number of carbonyl (C=O) groups is 2. The molecule has 8 bridgehead atoms. The van der Waals surface area contributed by atoms with Crippen LogP contribution >= 0.6 is 0 Å². The molecule has 14 nitrogen and oxygen atoms in total. The zero-order valence-corrected chi connectivity index (χ0v) is 64.3. The molecule has 2 amide bonds. The van der Waals surface area contributed by atoms with Crippen molar-refractivity contribution in [1.29, 1.82) is 0 Å². The summed E-state index contributed by atoms with van der Waals surface area (Å²) >= 11 is 0. The highest BCUT2D eigenvalue weighted by molar-refractivity contribution is 6.07. The maximum absolute atomic E-state index is 14.5. The highest BCUT2D eigenvalue weighted by Crippen LogP contribution is 2.44. The molecule has 2 aliphatic heterocycles. The van der Waals surface area contributed by atoms with E-state index < -0.39 is 0 Å². The Morgan fingerprint density at radius 1 is 0.343 bits per heavy atom. The first-order valence-electron chi connectivity index (χ1n) is 39.7. The minimum atomic E-state index is -0.252. The van der Waals surface area contributed by atoms with E-state index in [-0.39, 0.29) is 11.8 Å². The molecule has 5 aromatic carbocycles. The van der Waals surface area contributed by atoms with Gasteiger partial charge in [-0.25, -0.2) is 9.97 Å². The van der Waals surface area contributed by atoms with E-state index in [1.165, 1.54) is 0 Å². The molecule has 0 saturated carbocycles. The topological polar surface area (TPSA) is 178 Å². The van der Waals surface area contributed by atoms with Crippen LogP contribution in [0.15, 0.2) is 183 Å². The number of amides is 2. The number of pyridine rings is 2. The van der Waals surface area contributed by atoms with Gasteiger partial charge in [0, 0.05) is 91.6 Å². The van der Waals surface area contributed by atoms with Gasteiger partial charge in [-0.3, -0.25) is 19.6 Å². The Balaban J connectivity index is 1.11. The first-order valence-corrected chi connectivity index (χ1v) is 39.7.